The highest BCUT2D eigenvalue weighted by Gasteiger charge is 2.30. The molecular weight excluding hydrogens is 372 g/mol. The number of nitrogens with two attached hydrogens (primary N) is 2. The summed E-state index contributed by atoms with van der Waals surface area (Å²) in [4.78, 5) is 2.58. The lowest BCUT2D eigenvalue weighted by molar-refractivity contribution is -0.928. The maximum atomic E-state index is 5.93. The first-order chi connectivity index (χ1) is 14.4. The number of quaternary nitrogens is 1. The minimum atomic E-state index is 0.853. The van der Waals surface area contributed by atoms with Crippen LogP contribution in [0.4, 0.5) is 22.7 Å². The van der Waals surface area contributed by atoms with Crippen LogP contribution in [0.1, 0.15) is 18.1 Å². The Bertz CT molecular complexity index is 826. The number of anilines is 4. The molecule has 164 valence electrons. The normalized spacial score (nSPS) is 16.4. The molecule has 0 spiro atoms. The zero-order valence-corrected chi connectivity index (χ0v) is 18.9. The summed E-state index contributed by atoms with van der Waals surface area (Å²) in [5, 5.41) is 7.12. The molecule has 2 aromatic rings. The lowest BCUT2D eigenvalue weighted by Gasteiger charge is -2.44. The van der Waals surface area contributed by atoms with Crippen molar-refractivity contribution in [3.8, 4) is 0 Å². The smallest absolute Gasteiger partial charge is 0.0962 e. The molecule has 0 bridgehead atoms. The SMILES string of the molecule is CC[N+]1(CCNc2ccc(N)c(C)c2)CCN(CCNc2ccc(N)c(C)c2)CC1. The molecule has 2 aromatic carbocycles. The van der Waals surface area contributed by atoms with E-state index in [0.717, 1.165) is 67.5 Å². The summed E-state index contributed by atoms with van der Waals surface area (Å²) in [6, 6.07) is 12.4. The van der Waals surface area contributed by atoms with Gasteiger partial charge in [-0.15, -0.1) is 0 Å². The minimum Gasteiger partial charge on any atom is -0.399 e. The van der Waals surface area contributed by atoms with Crippen LogP contribution in [0.3, 0.4) is 0 Å². The van der Waals surface area contributed by atoms with E-state index in [9.17, 15) is 0 Å². The molecule has 6 heteroatoms. The van der Waals surface area contributed by atoms with Gasteiger partial charge in [-0.2, -0.15) is 0 Å². The molecular formula is C24H39N6+. The van der Waals surface area contributed by atoms with Gasteiger partial charge in [0.05, 0.1) is 32.7 Å². The number of nitrogens with zero attached hydrogens (tertiary/aromatic N) is 2. The van der Waals surface area contributed by atoms with Crippen molar-refractivity contribution < 1.29 is 4.48 Å². The quantitative estimate of drug-likeness (QED) is 0.377. The average molecular weight is 412 g/mol. The van der Waals surface area contributed by atoms with Crippen LogP contribution in [0.15, 0.2) is 36.4 Å². The molecule has 0 amide bonds. The predicted octanol–water partition coefficient (Wildman–Crippen LogP) is 3.14. The monoisotopic (exact) mass is 411 g/mol. The van der Waals surface area contributed by atoms with Crippen LogP contribution in [0.2, 0.25) is 0 Å². The standard InChI is InChI=1S/C24H39N6/c1-4-30(14-10-28-22-6-8-24(26)20(3)18-22)15-12-29(13-16-30)11-9-27-21-5-7-23(25)19(2)17-21/h5-8,17-18,27-28H,4,9-16,25-26H2,1-3H3/q+1. The lowest BCUT2D eigenvalue weighted by atomic mass is 10.2. The molecule has 1 heterocycles. The van der Waals surface area contributed by atoms with Crippen molar-refractivity contribution in [3.63, 3.8) is 0 Å². The first-order valence-electron chi connectivity index (χ1n) is 11.2. The van der Waals surface area contributed by atoms with Crippen molar-refractivity contribution in [1.29, 1.82) is 0 Å². The van der Waals surface area contributed by atoms with Crippen LogP contribution in [0.25, 0.3) is 0 Å². The molecule has 0 atom stereocenters. The number of nitrogen functional groups attached to an aromatic ring is 2. The first kappa shape index (κ1) is 22.2. The summed E-state index contributed by atoms with van der Waals surface area (Å²) in [6.07, 6.45) is 0. The van der Waals surface area contributed by atoms with E-state index in [0.29, 0.717) is 0 Å². The fourth-order valence-electron chi connectivity index (χ4n) is 4.22. The van der Waals surface area contributed by atoms with Crippen LogP contribution < -0.4 is 22.1 Å². The van der Waals surface area contributed by atoms with Crippen molar-refractivity contribution >= 4 is 22.7 Å². The van der Waals surface area contributed by atoms with Gasteiger partial charge in [0.1, 0.15) is 0 Å². The molecule has 1 fully saturated rings. The maximum absolute atomic E-state index is 5.93. The summed E-state index contributed by atoms with van der Waals surface area (Å²) in [5.41, 5.74) is 18.1. The highest BCUT2D eigenvalue weighted by molar-refractivity contribution is 5.57. The molecule has 0 aromatic heterocycles. The van der Waals surface area contributed by atoms with E-state index in [2.05, 4.69) is 60.6 Å². The second kappa shape index (κ2) is 10.0. The molecule has 3 rings (SSSR count). The number of hydrogen-bond acceptors (Lipinski definition) is 5. The molecule has 1 saturated heterocycles. The van der Waals surface area contributed by atoms with E-state index < -0.39 is 0 Å². The third-order valence-electron chi connectivity index (χ3n) is 6.66. The van der Waals surface area contributed by atoms with Gasteiger partial charge in [0.15, 0.2) is 0 Å². The van der Waals surface area contributed by atoms with Crippen LogP contribution in [0, 0.1) is 13.8 Å². The number of benzene rings is 2. The molecule has 1 aliphatic heterocycles. The Morgan fingerprint density at radius 2 is 1.40 bits per heavy atom. The van der Waals surface area contributed by atoms with Gasteiger partial charge in [-0.05, 0) is 68.3 Å². The van der Waals surface area contributed by atoms with Crippen molar-refractivity contribution in [3.05, 3.63) is 47.5 Å². The third kappa shape index (κ3) is 5.80. The van der Waals surface area contributed by atoms with E-state index in [1.807, 2.05) is 12.1 Å². The minimum absolute atomic E-state index is 0.853. The molecule has 0 saturated carbocycles. The van der Waals surface area contributed by atoms with E-state index in [1.165, 1.54) is 29.8 Å². The second-order valence-electron chi connectivity index (χ2n) is 8.67. The molecule has 0 radical (unpaired) electrons. The van der Waals surface area contributed by atoms with Crippen LogP contribution >= 0.6 is 0 Å². The van der Waals surface area contributed by atoms with Crippen LogP contribution in [-0.4, -0.2) is 68.3 Å². The van der Waals surface area contributed by atoms with Gasteiger partial charge in [0.25, 0.3) is 0 Å². The van der Waals surface area contributed by atoms with E-state index >= 15 is 0 Å². The number of hydrogen-bond donors (Lipinski definition) is 4. The summed E-state index contributed by atoms with van der Waals surface area (Å²) >= 11 is 0. The van der Waals surface area contributed by atoms with Gasteiger partial charge in [-0.3, -0.25) is 4.90 Å². The zero-order valence-electron chi connectivity index (χ0n) is 18.9. The largest absolute Gasteiger partial charge is 0.399 e. The fourth-order valence-corrected chi connectivity index (χ4v) is 4.22. The van der Waals surface area contributed by atoms with Crippen molar-refractivity contribution in [2.75, 3.05) is 81.0 Å². The lowest BCUT2D eigenvalue weighted by Crippen LogP contribution is -2.61. The highest BCUT2D eigenvalue weighted by atomic mass is 15.4. The maximum Gasteiger partial charge on any atom is 0.0962 e. The Hall–Kier alpha value is -2.44. The third-order valence-corrected chi connectivity index (χ3v) is 6.66. The molecule has 0 aliphatic carbocycles. The first-order valence-corrected chi connectivity index (χ1v) is 11.2. The fraction of sp³-hybridized carbons (Fsp3) is 0.500. The number of piperazine rings is 1. The Labute approximate surface area is 181 Å². The topological polar surface area (TPSA) is 79.3 Å². The van der Waals surface area contributed by atoms with Crippen LogP contribution in [0.5, 0.6) is 0 Å². The average Bonchev–Trinajstić information content (AvgIpc) is 2.74. The Balaban J connectivity index is 1.40. The van der Waals surface area contributed by atoms with Gasteiger partial charge in [0, 0.05) is 48.9 Å². The Kier molecular flexibility index (Phi) is 7.45. The van der Waals surface area contributed by atoms with Crippen LogP contribution in [-0.2, 0) is 0 Å². The van der Waals surface area contributed by atoms with E-state index in [1.54, 1.807) is 0 Å². The van der Waals surface area contributed by atoms with Gasteiger partial charge in [-0.25, -0.2) is 0 Å². The van der Waals surface area contributed by atoms with Gasteiger partial charge in [0.2, 0.25) is 0 Å². The molecule has 6 N–H and O–H groups in total. The Morgan fingerprint density at radius 3 is 1.90 bits per heavy atom. The van der Waals surface area contributed by atoms with Crippen molar-refractivity contribution in [2.24, 2.45) is 0 Å². The number of rotatable bonds is 9. The molecule has 30 heavy (non-hydrogen) atoms. The highest BCUT2D eigenvalue weighted by Crippen LogP contribution is 2.18. The number of likely N-dealkylation sites (N-methyl/N-ethyl adjacent to an activating group) is 1. The van der Waals surface area contributed by atoms with Gasteiger partial charge in [-0.1, -0.05) is 0 Å². The van der Waals surface area contributed by atoms with Crippen molar-refractivity contribution in [1.82, 2.24) is 4.90 Å². The summed E-state index contributed by atoms with van der Waals surface area (Å²) in [6.45, 7) is 16.6. The summed E-state index contributed by atoms with van der Waals surface area (Å²) in [7, 11) is 0. The van der Waals surface area contributed by atoms with Gasteiger partial charge < -0.3 is 26.6 Å². The molecule has 6 nitrogen and oxygen atoms in total. The summed E-state index contributed by atoms with van der Waals surface area (Å²) < 4.78 is 1.20. The van der Waals surface area contributed by atoms with E-state index in [-0.39, 0.29) is 0 Å². The molecule has 1 aliphatic rings. The summed E-state index contributed by atoms with van der Waals surface area (Å²) in [5.74, 6) is 0. The Morgan fingerprint density at radius 1 is 0.867 bits per heavy atom. The second-order valence-corrected chi connectivity index (χ2v) is 8.67. The van der Waals surface area contributed by atoms with E-state index in [4.69, 9.17) is 11.5 Å². The molecule has 0 unspecified atom stereocenters. The number of nitrogens with one attached hydrogen (secondary N) is 2. The van der Waals surface area contributed by atoms with Crippen molar-refractivity contribution in [2.45, 2.75) is 20.8 Å². The van der Waals surface area contributed by atoms with Gasteiger partial charge >= 0.3 is 0 Å². The zero-order chi connectivity index (χ0) is 21.6. The predicted molar refractivity (Wildman–Crippen MR) is 130 cm³/mol. The number of aryl methyl sites for hydroxylation is 2.